The lowest BCUT2D eigenvalue weighted by Crippen LogP contribution is -2.03. The van der Waals surface area contributed by atoms with Crippen LogP contribution in [-0.4, -0.2) is 18.0 Å². The van der Waals surface area contributed by atoms with Crippen molar-refractivity contribution in [3.05, 3.63) is 59.2 Å². The van der Waals surface area contributed by atoms with Crippen LogP contribution in [0.2, 0.25) is 0 Å². The third-order valence-electron chi connectivity index (χ3n) is 3.67. The molecule has 4 nitrogen and oxygen atoms in total. The smallest absolute Gasteiger partial charge is 0.164 e. The Bertz CT molecular complexity index is 680. The lowest BCUT2D eigenvalue weighted by molar-refractivity contribution is 0.281. The Balaban J connectivity index is 2.17. The highest BCUT2D eigenvalue weighted by Crippen LogP contribution is 2.32. The van der Waals surface area contributed by atoms with E-state index in [-0.39, 0.29) is 0 Å². The van der Waals surface area contributed by atoms with Crippen molar-refractivity contribution in [1.82, 2.24) is 0 Å². The van der Waals surface area contributed by atoms with Crippen molar-refractivity contribution in [2.75, 3.05) is 7.11 Å². The molecule has 0 bridgehead atoms. The molecule has 1 N–H and O–H groups in total. The Morgan fingerprint density at radius 3 is 2.65 bits per heavy atom. The second-order valence-corrected chi connectivity index (χ2v) is 5.56. The van der Waals surface area contributed by atoms with Gasteiger partial charge in [-0.05, 0) is 43.9 Å². The Hall–Kier alpha value is -2.49. The van der Waals surface area contributed by atoms with E-state index < -0.39 is 0 Å². The van der Waals surface area contributed by atoms with Crippen LogP contribution in [0.4, 0.5) is 0 Å². The summed E-state index contributed by atoms with van der Waals surface area (Å²) in [4.78, 5) is 0. The molecular weight excluding hydrogens is 290 g/mol. The van der Waals surface area contributed by atoms with Crippen LogP contribution >= 0.6 is 0 Å². The number of nitrogens with zero attached hydrogens (tertiary/aromatic N) is 1. The summed E-state index contributed by atoms with van der Waals surface area (Å²) in [5, 5.41) is 12.0. The number of hydrogen-bond acceptors (Lipinski definition) is 4. The molecule has 0 saturated carbocycles. The van der Waals surface area contributed by atoms with Gasteiger partial charge in [0.25, 0.3) is 0 Å². The highest BCUT2D eigenvalue weighted by atomic mass is 16.5. The molecule has 0 spiro atoms. The minimum atomic E-state index is 0.488. The van der Waals surface area contributed by atoms with Crippen molar-refractivity contribution < 1.29 is 14.7 Å². The number of benzene rings is 2. The van der Waals surface area contributed by atoms with Crippen molar-refractivity contribution in [2.24, 2.45) is 5.16 Å². The number of methoxy groups -OCH3 is 1. The molecule has 0 aromatic heterocycles. The predicted octanol–water partition coefficient (Wildman–Crippen LogP) is 4.37. The van der Waals surface area contributed by atoms with Gasteiger partial charge in [0.1, 0.15) is 6.61 Å². The van der Waals surface area contributed by atoms with E-state index in [1.807, 2.05) is 30.3 Å². The molecule has 0 aliphatic heterocycles. The van der Waals surface area contributed by atoms with Gasteiger partial charge in [0, 0.05) is 0 Å². The molecule has 0 aliphatic rings. The van der Waals surface area contributed by atoms with E-state index in [1.54, 1.807) is 14.0 Å². The molecule has 2 aromatic carbocycles. The summed E-state index contributed by atoms with van der Waals surface area (Å²) in [6.07, 6.45) is 1.40. The Morgan fingerprint density at radius 1 is 1.17 bits per heavy atom. The first-order chi connectivity index (χ1) is 11.1. The van der Waals surface area contributed by atoms with Gasteiger partial charge in [-0.1, -0.05) is 47.1 Å². The second-order valence-electron chi connectivity index (χ2n) is 5.56. The fourth-order valence-electron chi connectivity index (χ4n) is 2.41. The molecule has 0 saturated heterocycles. The fraction of sp³-hybridized carbons (Fsp3) is 0.316. The van der Waals surface area contributed by atoms with Crippen molar-refractivity contribution in [2.45, 2.75) is 33.3 Å². The molecule has 4 heteroatoms. The molecule has 0 radical (unpaired) electrons. The largest absolute Gasteiger partial charge is 0.493 e. The maximum absolute atomic E-state index is 8.79. The third kappa shape index (κ3) is 4.74. The first kappa shape index (κ1) is 16.9. The van der Waals surface area contributed by atoms with Gasteiger partial charge in [-0.2, -0.15) is 0 Å². The summed E-state index contributed by atoms with van der Waals surface area (Å²) in [7, 11) is 1.64. The monoisotopic (exact) mass is 313 g/mol. The van der Waals surface area contributed by atoms with E-state index in [2.05, 4.69) is 24.2 Å². The van der Waals surface area contributed by atoms with Gasteiger partial charge >= 0.3 is 0 Å². The van der Waals surface area contributed by atoms with E-state index >= 15 is 0 Å². The van der Waals surface area contributed by atoms with E-state index in [4.69, 9.17) is 14.7 Å². The molecule has 0 atom stereocenters. The molecule has 2 aromatic rings. The van der Waals surface area contributed by atoms with Crippen LogP contribution in [0, 0.1) is 6.92 Å². The Kier molecular flexibility index (Phi) is 6.03. The van der Waals surface area contributed by atoms with Crippen molar-refractivity contribution in [1.29, 1.82) is 0 Å². The van der Waals surface area contributed by atoms with Crippen LogP contribution in [0.3, 0.4) is 0 Å². The molecule has 0 amide bonds. The topological polar surface area (TPSA) is 51.0 Å². The molecule has 0 aliphatic carbocycles. The molecule has 0 unspecified atom stereocenters. The zero-order chi connectivity index (χ0) is 16.7. The minimum Gasteiger partial charge on any atom is -0.493 e. The number of para-hydroxylation sites is 1. The predicted molar refractivity (Wildman–Crippen MR) is 91.7 cm³/mol. The van der Waals surface area contributed by atoms with E-state index in [9.17, 15) is 0 Å². The van der Waals surface area contributed by atoms with Gasteiger partial charge in [0.05, 0.1) is 12.8 Å². The minimum absolute atomic E-state index is 0.488. The lowest BCUT2D eigenvalue weighted by atomic mass is 10.1. The zero-order valence-electron chi connectivity index (χ0n) is 13.9. The maximum atomic E-state index is 8.79. The number of aryl methyl sites for hydroxylation is 2. The van der Waals surface area contributed by atoms with Gasteiger partial charge in [-0.3, -0.25) is 0 Å². The zero-order valence-corrected chi connectivity index (χ0v) is 13.9. The first-order valence-corrected chi connectivity index (χ1v) is 7.65. The van der Waals surface area contributed by atoms with Crippen LogP contribution in [0.25, 0.3) is 0 Å². The quantitative estimate of drug-likeness (QED) is 0.469. The number of hydrogen-bond donors (Lipinski definition) is 1. The second kappa shape index (κ2) is 8.22. The first-order valence-electron chi connectivity index (χ1n) is 7.65. The van der Waals surface area contributed by atoms with Crippen LogP contribution in [0.5, 0.6) is 11.5 Å². The fourth-order valence-corrected chi connectivity index (χ4v) is 2.41. The highest BCUT2D eigenvalue weighted by Gasteiger charge is 2.11. The SMILES string of the molecule is COc1cccc(CC/C(C)=N/O)c1OCc1cccc(C)c1. The van der Waals surface area contributed by atoms with Crippen LogP contribution < -0.4 is 9.47 Å². The number of oxime groups is 1. The molecule has 23 heavy (non-hydrogen) atoms. The summed E-state index contributed by atoms with van der Waals surface area (Å²) in [5.74, 6) is 1.47. The Labute approximate surface area is 137 Å². The van der Waals surface area contributed by atoms with E-state index in [1.165, 1.54) is 5.56 Å². The summed E-state index contributed by atoms with van der Waals surface area (Å²) >= 11 is 0. The summed E-state index contributed by atoms with van der Waals surface area (Å²) in [5.41, 5.74) is 4.06. The number of rotatable bonds is 7. The van der Waals surface area contributed by atoms with Gasteiger partial charge in [-0.15, -0.1) is 0 Å². The average molecular weight is 313 g/mol. The van der Waals surface area contributed by atoms with Crippen LogP contribution in [0.15, 0.2) is 47.6 Å². The van der Waals surface area contributed by atoms with Crippen LogP contribution in [0.1, 0.15) is 30.0 Å². The normalized spacial score (nSPS) is 11.3. The van der Waals surface area contributed by atoms with E-state index in [0.717, 1.165) is 23.3 Å². The van der Waals surface area contributed by atoms with Crippen molar-refractivity contribution in [3.63, 3.8) is 0 Å². The standard InChI is InChI=1S/C19H23NO3/c1-14-6-4-7-16(12-14)13-23-19-17(11-10-15(2)20-21)8-5-9-18(19)22-3/h4-9,12,21H,10-11,13H2,1-3H3/b20-15+. The lowest BCUT2D eigenvalue weighted by Gasteiger charge is -2.15. The van der Waals surface area contributed by atoms with Gasteiger partial charge in [0.2, 0.25) is 0 Å². The molecule has 122 valence electrons. The summed E-state index contributed by atoms with van der Waals surface area (Å²) in [6, 6.07) is 14.1. The van der Waals surface area contributed by atoms with Crippen molar-refractivity contribution in [3.8, 4) is 11.5 Å². The van der Waals surface area contributed by atoms with Gasteiger partial charge in [-0.25, -0.2) is 0 Å². The van der Waals surface area contributed by atoms with E-state index in [0.29, 0.717) is 24.5 Å². The maximum Gasteiger partial charge on any atom is 0.164 e. The Morgan fingerprint density at radius 2 is 1.96 bits per heavy atom. The van der Waals surface area contributed by atoms with Crippen LogP contribution in [-0.2, 0) is 13.0 Å². The molecule has 0 fully saturated rings. The van der Waals surface area contributed by atoms with Gasteiger partial charge < -0.3 is 14.7 Å². The molecule has 0 heterocycles. The highest BCUT2D eigenvalue weighted by molar-refractivity contribution is 5.81. The molecular formula is C19H23NO3. The molecule has 2 rings (SSSR count). The summed E-state index contributed by atoms with van der Waals surface area (Å²) < 4.78 is 11.5. The third-order valence-corrected chi connectivity index (χ3v) is 3.67. The van der Waals surface area contributed by atoms with Crippen molar-refractivity contribution >= 4 is 5.71 Å². The number of ether oxygens (including phenoxy) is 2. The summed E-state index contributed by atoms with van der Waals surface area (Å²) in [6.45, 7) is 4.35. The average Bonchev–Trinajstić information content (AvgIpc) is 2.57. The van der Waals surface area contributed by atoms with Gasteiger partial charge in [0.15, 0.2) is 11.5 Å².